The Kier molecular flexibility index (Phi) is 3.90. The fraction of sp³-hybridized carbons (Fsp3) is 0.250. The van der Waals surface area contributed by atoms with E-state index in [-0.39, 0.29) is 0 Å². The molecule has 2 heterocycles. The maximum atomic E-state index is 5.29. The van der Waals surface area contributed by atoms with E-state index in [0.29, 0.717) is 23.9 Å². The summed E-state index contributed by atoms with van der Waals surface area (Å²) >= 11 is 0. The predicted molar refractivity (Wildman–Crippen MR) is 69.7 cm³/mol. The van der Waals surface area contributed by atoms with Crippen LogP contribution in [0.3, 0.4) is 0 Å². The van der Waals surface area contributed by atoms with Crippen molar-refractivity contribution < 1.29 is 4.74 Å². The van der Waals surface area contributed by atoms with Gasteiger partial charge in [-0.25, -0.2) is 9.97 Å². The first-order chi connectivity index (χ1) is 8.85. The van der Waals surface area contributed by atoms with Crippen LogP contribution in [0, 0.1) is 0 Å². The van der Waals surface area contributed by atoms with Crippen molar-refractivity contribution in [3.8, 4) is 5.75 Å². The molecule has 0 amide bonds. The molecule has 2 N–H and O–H groups in total. The van der Waals surface area contributed by atoms with Crippen molar-refractivity contribution in [3.05, 3.63) is 36.4 Å². The molecule has 0 aromatic carbocycles. The second-order valence-corrected chi connectivity index (χ2v) is 3.56. The third-order valence-electron chi connectivity index (χ3n) is 2.45. The van der Waals surface area contributed by atoms with Crippen LogP contribution in [0.25, 0.3) is 0 Å². The molecule has 0 aliphatic rings. The minimum absolute atomic E-state index is 0.606. The third kappa shape index (κ3) is 2.65. The summed E-state index contributed by atoms with van der Waals surface area (Å²) in [7, 11) is 3.38. The number of nitrogens with zero attached hydrogens (tertiary/aromatic N) is 3. The molecule has 0 bridgehead atoms. The van der Waals surface area contributed by atoms with Gasteiger partial charge >= 0.3 is 0 Å². The predicted octanol–water partition coefficient (Wildman–Crippen LogP) is 1.53. The maximum absolute atomic E-state index is 5.29. The fourth-order valence-electron chi connectivity index (χ4n) is 1.56. The highest BCUT2D eigenvalue weighted by atomic mass is 16.5. The van der Waals surface area contributed by atoms with Crippen LogP contribution in [0.1, 0.15) is 5.56 Å². The van der Waals surface area contributed by atoms with Crippen LogP contribution in [-0.4, -0.2) is 29.1 Å². The first-order valence-electron chi connectivity index (χ1n) is 5.54. The topological polar surface area (TPSA) is 72.0 Å². The van der Waals surface area contributed by atoms with E-state index in [2.05, 4.69) is 25.6 Å². The van der Waals surface area contributed by atoms with E-state index in [1.165, 1.54) is 6.33 Å². The van der Waals surface area contributed by atoms with Gasteiger partial charge in [0.25, 0.3) is 0 Å². The van der Waals surface area contributed by atoms with Gasteiger partial charge in [0, 0.05) is 26.0 Å². The molecule has 94 valence electrons. The number of hydrogen-bond donors (Lipinski definition) is 2. The Morgan fingerprint density at radius 2 is 1.89 bits per heavy atom. The summed E-state index contributed by atoms with van der Waals surface area (Å²) in [4.78, 5) is 12.2. The number of ether oxygens (including phenoxy) is 1. The van der Waals surface area contributed by atoms with Gasteiger partial charge in [0.15, 0.2) is 11.6 Å². The number of methoxy groups -OCH3 is 1. The lowest BCUT2D eigenvalue weighted by atomic mass is 10.3. The molecule has 2 aromatic heterocycles. The van der Waals surface area contributed by atoms with E-state index in [4.69, 9.17) is 4.74 Å². The molecular weight excluding hydrogens is 230 g/mol. The zero-order valence-corrected chi connectivity index (χ0v) is 10.3. The minimum atomic E-state index is 0.606. The summed E-state index contributed by atoms with van der Waals surface area (Å²) in [5.41, 5.74) is 1.12. The Balaban J connectivity index is 2.14. The van der Waals surface area contributed by atoms with Gasteiger partial charge in [-0.3, -0.25) is 4.98 Å². The van der Waals surface area contributed by atoms with Crippen LogP contribution in [-0.2, 0) is 6.54 Å². The van der Waals surface area contributed by atoms with E-state index < -0.39 is 0 Å². The van der Waals surface area contributed by atoms with Crippen LogP contribution in [0.2, 0.25) is 0 Å². The zero-order chi connectivity index (χ0) is 12.8. The first-order valence-corrected chi connectivity index (χ1v) is 5.54. The van der Waals surface area contributed by atoms with Gasteiger partial charge in [-0.1, -0.05) is 0 Å². The molecule has 2 rings (SSSR count). The maximum Gasteiger partial charge on any atom is 0.204 e. The van der Waals surface area contributed by atoms with Gasteiger partial charge in [0.2, 0.25) is 5.75 Å². The smallest absolute Gasteiger partial charge is 0.204 e. The molecule has 0 fully saturated rings. The second kappa shape index (κ2) is 5.81. The fourth-order valence-corrected chi connectivity index (χ4v) is 1.56. The van der Waals surface area contributed by atoms with Gasteiger partial charge in [0.05, 0.1) is 7.11 Å². The summed E-state index contributed by atoms with van der Waals surface area (Å²) in [6.07, 6.45) is 5.00. The van der Waals surface area contributed by atoms with Crippen LogP contribution < -0.4 is 15.4 Å². The molecule has 6 heteroatoms. The van der Waals surface area contributed by atoms with Crippen LogP contribution in [0.15, 0.2) is 30.9 Å². The van der Waals surface area contributed by atoms with Crippen molar-refractivity contribution in [2.75, 3.05) is 24.8 Å². The van der Waals surface area contributed by atoms with Gasteiger partial charge in [0.1, 0.15) is 6.33 Å². The van der Waals surface area contributed by atoms with Crippen molar-refractivity contribution in [2.45, 2.75) is 6.54 Å². The molecular formula is C12H15N5O. The lowest BCUT2D eigenvalue weighted by Crippen LogP contribution is -2.06. The Morgan fingerprint density at radius 3 is 2.56 bits per heavy atom. The van der Waals surface area contributed by atoms with Crippen molar-refractivity contribution in [1.82, 2.24) is 15.0 Å². The van der Waals surface area contributed by atoms with Crippen LogP contribution >= 0.6 is 0 Å². The summed E-state index contributed by atoms with van der Waals surface area (Å²) in [5, 5.41) is 6.17. The third-order valence-corrected chi connectivity index (χ3v) is 2.45. The first kappa shape index (κ1) is 12.1. The van der Waals surface area contributed by atoms with Crippen molar-refractivity contribution in [3.63, 3.8) is 0 Å². The number of anilines is 2. The molecule has 0 saturated carbocycles. The highest BCUT2D eigenvalue weighted by Gasteiger charge is 2.10. The number of pyridine rings is 1. The summed E-state index contributed by atoms with van der Waals surface area (Å²) in [5.74, 6) is 1.92. The van der Waals surface area contributed by atoms with Gasteiger partial charge in [-0.2, -0.15) is 0 Å². The van der Waals surface area contributed by atoms with E-state index in [9.17, 15) is 0 Å². The van der Waals surface area contributed by atoms with Crippen molar-refractivity contribution in [2.24, 2.45) is 0 Å². The molecule has 0 atom stereocenters. The van der Waals surface area contributed by atoms with E-state index >= 15 is 0 Å². The van der Waals surface area contributed by atoms with Gasteiger partial charge in [-0.15, -0.1) is 0 Å². The van der Waals surface area contributed by atoms with Crippen molar-refractivity contribution in [1.29, 1.82) is 0 Å². The van der Waals surface area contributed by atoms with Gasteiger partial charge in [-0.05, 0) is 17.7 Å². The monoisotopic (exact) mass is 245 g/mol. The molecule has 0 unspecified atom stereocenters. The Bertz CT molecular complexity index is 503. The molecule has 0 aliphatic heterocycles. The number of nitrogens with one attached hydrogen (secondary N) is 2. The second-order valence-electron chi connectivity index (χ2n) is 3.56. The molecule has 6 nitrogen and oxygen atoms in total. The lowest BCUT2D eigenvalue weighted by Gasteiger charge is -2.12. The molecule has 18 heavy (non-hydrogen) atoms. The Hall–Kier alpha value is -2.37. The van der Waals surface area contributed by atoms with Crippen LogP contribution in [0.5, 0.6) is 5.75 Å². The molecule has 0 spiro atoms. The average molecular weight is 245 g/mol. The molecule has 0 saturated heterocycles. The molecule has 0 radical (unpaired) electrons. The average Bonchev–Trinajstić information content (AvgIpc) is 2.45. The standard InChI is InChI=1S/C12H15N5O/c1-13-11-10(18-2)12(17-8-16-11)15-7-9-3-5-14-6-4-9/h3-6,8H,7H2,1-2H3,(H2,13,15,16,17). The van der Waals surface area contributed by atoms with Crippen molar-refractivity contribution >= 4 is 11.6 Å². The highest BCUT2D eigenvalue weighted by molar-refractivity contribution is 5.63. The number of aromatic nitrogens is 3. The lowest BCUT2D eigenvalue weighted by molar-refractivity contribution is 0.415. The number of hydrogen-bond acceptors (Lipinski definition) is 6. The highest BCUT2D eigenvalue weighted by Crippen LogP contribution is 2.28. The number of rotatable bonds is 5. The molecule has 2 aromatic rings. The van der Waals surface area contributed by atoms with Crippen LogP contribution in [0.4, 0.5) is 11.6 Å². The Morgan fingerprint density at radius 1 is 1.17 bits per heavy atom. The Labute approximate surface area is 105 Å². The quantitative estimate of drug-likeness (QED) is 0.832. The van der Waals surface area contributed by atoms with Gasteiger partial charge < -0.3 is 15.4 Å². The summed E-state index contributed by atoms with van der Waals surface area (Å²) in [6.45, 7) is 0.652. The summed E-state index contributed by atoms with van der Waals surface area (Å²) < 4.78 is 5.29. The zero-order valence-electron chi connectivity index (χ0n) is 10.3. The SMILES string of the molecule is CNc1ncnc(NCc2ccncc2)c1OC. The molecule has 0 aliphatic carbocycles. The summed E-state index contributed by atoms with van der Waals surface area (Å²) in [6, 6.07) is 3.89. The normalized spacial score (nSPS) is 9.89. The van der Waals surface area contributed by atoms with E-state index in [1.54, 1.807) is 26.6 Å². The largest absolute Gasteiger partial charge is 0.490 e. The minimum Gasteiger partial charge on any atom is -0.490 e. The van der Waals surface area contributed by atoms with E-state index in [1.807, 2.05) is 12.1 Å². The van der Waals surface area contributed by atoms with E-state index in [0.717, 1.165) is 5.56 Å².